The van der Waals surface area contributed by atoms with E-state index < -0.39 is 12.1 Å². The molecule has 0 unspecified atom stereocenters. The zero-order chi connectivity index (χ0) is 8.69. The fraction of sp³-hybridized carbons (Fsp3) is 0.625. The van der Waals surface area contributed by atoms with E-state index in [0.29, 0.717) is 13.0 Å². The van der Waals surface area contributed by atoms with Gasteiger partial charge in [-0.2, -0.15) is 0 Å². The summed E-state index contributed by atoms with van der Waals surface area (Å²) in [6.45, 7) is 0.608. The maximum absolute atomic E-state index is 10.2. The largest absolute Gasteiger partial charge is 0.479 e. The van der Waals surface area contributed by atoms with Crippen molar-refractivity contribution in [1.29, 1.82) is 0 Å². The first-order chi connectivity index (χ1) is 5.30. The third-order valence-corrected chi connectivity index (χ3v) is 1.46. The van der Waals surface area contributed by atoms with Gasteiger partial charge >= 0.3 is 5.97 Å². The van der Waals surface area contributed by atoms with Gasteiger partial charge in [0.15, 0.2) is 6.10 Å². The highest BCUT2D eigenvalue weighted by atomic mass is 16.5. The number of carboxylic acids is 1. The highest BCUT2D eigenvalue weighted by Crippen LogP contribution is 2.11. The van der Waals surface area contributed by atoms with Crippen LogP contribution in [-0.2, 0) is 9.53 Å². The van der Waals surface area contributed by atoms with E-state index in [1.54, 1.807) is 0 Å². The molecule has 0 aromatic rings. The third kappa shape index (κ3) is 3.64. The van der Waals surface area contributed by atoms with Crippen LogP contribution in [0, 0.1) is 12.8 Å². The zero-order valence-electron chi connectivity index (χ0n) is 6.32. The van der Waals surface area contributed by atoms with Crippen LogP contribution >= 0.6 is 0 Å². The van der Waals surface area contributed by atoms with E-state index in [0.717, 1.165) is 12.8 Å². The normalized spacial score (nSPS) is 22.9. The van der Waals surface area contributed by atoms with E-state index in [1.165, 1.54) is 0 Å². The third-order valence-electron chi connectivity index (χ3n) is 1.46. The first-order valence-corrected chi connectivity index (χ1v) is 3.48. The highest BCUT2D eigenvalue weighted by molar-refractivity contribution is 5.72. The SMILES string of the molecule is C#C.O=C(O)[C@H]1CCCCO1. The summed E-state index contributed by atoms with van der Waals surface area (Å²) in [4.78, 5) is 10.2. The van der Waals surface area contributed by atoms with Crippen molar-refractivity contribution in [2.24, 2.45) is 0 Å². The van der Waals surface area contributed by atoms with Gasteiger partial charge in [0.1, 0.15) is 0 Å². The van der Waals surface area contributed by atoms with E-state index in [-0.39, 0.29) is 0 Å². The molecule has 0 amide bonds. The summed E-state index contributed by atoms with van der Waals surface area (Å²) in [5.74, 6) is -0.824. The minimum atomic E-state index is -0.824. The minimum Gasteiger partial charge on any atom is -0.479 e. The molecule has 1 rings (SSSR count). The standard InChI is InChI=1S/C6H10O3.C2H2/c7-6(8)5-3-1-2-4-9-5;1-2/h5H,1-4H2,(H,7,8);1-2H/t5-;/m1./s1. The maximum atomic E-state index is 10.2. The van der Waals surface area contributed by atoms with E-state index in [4.69, 9.17) is 9.84 Å². The Balaban J connectivity index is 0.000000461. The fourth-order valence-electron chi connectivity index (χ4n) is 0.935. The van der Waals surface area contributed by atoms with Crippen LogP contribution in [0.2, 0.25) is 0 Å². The molecule has 1 aliphatic heterocycles. The second-order valence-corrected chi connectivity index (χ2v) is 2.19. The lowest BCUT2D eigenvalue weighted by Crippen LogP contribution is -2.27. The minimum absolute atomic E-state index is 0.529. The van der Waals surface area contributed by atoms with Crippen LogP contribution < -0.4 is 0 Å². The summed E-state index contributed by atoms with van der Waals surface area (Å²) >= 11 is 0. The first kappa shape index (κ1) is 9.99. The molecule has 1 fully saturated rings. The molecule has 1 atom stereocenters. The lowest BCUT2D eigenvalue weighted by atomic mass is 10.1. The first-order valence-electron chi connectivity index (χ1n) is 3.48. The molecule has 1 aliphatic rings. The van der Waals surface area contributed by atoms with Gasteiger partial charge in [0, 0.05) is 6.61 Å². The number of terminal acetylenes is 1. The Hall–Kier alpha value is -1.01. The smallest absolute Gasteiger partial charge is 0.332 e. The summed E-state index contributed by atoms with van der Waals surface area (Å²) in [5.41, 5.74) is 0. The summed E-state index contributed by atoms with van der Waals surface area (Å²) < 4.78 is 4.94. The van der Waals surface area contributed by atoms with Crippen molar-refractivity contribution in [2.45, 2.75) is 25.4 Å². The quantitative estimate of drug-likeness (QED) is 0.573. The van der Waals surface area contributed by atoms with Gasteiger partial charge in [0.25, 0.3) is 0 Å². The summed E-state index contributed by atoms with van der Waals surface area (Å²) in [5, 5.41) is 8.41. The van der Waals surface area contributed by atoms with Gasteiger partial charge in [0.05, 0.1) is 0 Å². The summed E-state index contributed by atoms with van der Waals surface area (Å²) in [6.07, 6.45) is 10.1. The topological polar surface area (TPSA) is 46.5 Å². The van der Waals surface area contributed by atoms with Gasteiger partial charge in [-0.05, 0) is 19.3 Å². The number of aliphatic carboxylic acids is 1. The van der Waals surface area contributed by atoms with E-state index in [9.17, 15) is 4.79 Å². The van der Waals surface area contributed by atoms with Crippen LogP contribution in [0.15, 0.2) is 0 Å². The molecule has 0 saturated carbocycles. The van der Waals surface area contributed by atoms with E-state index >= 15 is 0 Å². The number of rotatable bonds is 1. The fourth-order valence-corrected chi connectivity index (χ4v) is 0.935. The average molecular weight is 156 g/mol. The summed E-state index contributed by atoms with van der Waals surface area (Å²) in [7, 11) is 0. The lowest BCUT2D eigenvalue weighted by Gasteiger charge is -2.17. The highest BCUT2D eigenvalue weighted by Gasteiger charge is 2.20. The van der Waals surface area contributed by atoms with Crippen molar-refractivity contribution < 1.29 is 14.6 Å². The van der Waals surface area contributed by atoms with Gasteiger partial charge in [-0.1, -0.05) is 0 Å². The van der Waals surface area contributed by atoms with Crippen molar-refractivity contribution in [3.05, 3.63) is 0 Å². The van der Waals surface area contributed by atoms with Crippen LogP contribution in [0.25, 0.3) is 0 Å². The molecule has 3 heteroatoms. The molecule has 0 spiro atoms. The number of hydrogen-bond acceptors (Lipinski definition) is 2. The number of carboxylic acid groups (broad SMARTS) is 1. The number of carbonyl (C=O) groups is 1. The molecule has 1 saturated heterocycles. The van der Waals surface area contributed by atoms with Gasteiger partial charge in [-0.25, -0.2) is 4.79 Å². The predicted octanol–water partition coefficient (Wildman–Crippen LogP) is 0.889. The monoisotopic (exact) mass is 156 g/mol. The molecule has 1 N–H and O–H groups in total. The molecule has 0 aromatic heterocycles. The van der Waals surface area contributed by atoms with Crippen LogP contribution in [0.3, 0.4) is 0 Å². The Morgan fingerprint density at radius 1 is 1.45 bits per heavy atom. The Kier molecular flexibility index (Phi) is 5.22. The molecule has 0 radical (unpaired) electrons. The summed E-state index contributed by atoms with van der Waals surface area (Å²) in [6, 6.07) is 0. The average Bonchev–Trinajstić information content (AvgIpc) is 2.10. The predicted molar refractivity (Wildman–Crippen MR) is 41.1 cm³/mol. The molecular formula is C8H12O3. The Morgan fingerprint density at radius 2 is 2.09 bits per heavy atom. The van der Waals surface area contributed by atoms with Gasteiger partial charge in [-0.15, -0.1) is 12.8 Å². The van der Waals surface area contributed by atoms with E-state index in [1.807, 2.05) is 0 Å². The van der Waals surface area contributed by atoms with Gasteiger partial charge in [-0.3, -0.25) is 0 Å². The Labute approximate surface area is 66.4 Å². The van der Waals surface area contributed by atoms with Gasteiger partial charge in [0.2, 0.25) is 0 Å². The van der Waals surface area contributed by atoms with Crippen LogP contribution in [0.1, 0.15) is 19.3 Å². The Bertz CT molecular complexity index is 134. The number of ether oxygens (including phenoxy) is 1. The molecular weight excluding hydrogens is 144 g/mol. The molecule has 62 valence electrons. The molecule has 1 heterocycles. The molecule has 0 bridgehead atoms. The second-order valence-electron chi connectivity index (χ2n) is 2.19. The maximum Gasteiger partial charge on any atom is 0.332 e. The van der Waals surface area contributed by atoms with Crippen molar-refractivity contribution in [3.63, 3.8) is 0 Å². The number of hydrogen-bond donors (Lipinski definition) is 1. The van der Waals surface area contributed by atoms with Crippen LogP contribution in [0.4, 0.5) is 0 Å². The molecule has 0 aromatic carbocycles. The van der Waals surface area contributed by atoms with Crippen molar-refractivity contribution in [1.82, 2.24) is 0 Å². The van der Waals surface area contributed by atoms with Gasteiger partial charge < -0.3 is 9.84 Å². The van der Waals surface area contributed by atoms with Crippen LogP contribution in [0.5, 0.6) is 0 Å². The van der Waals surface area contributed by atoms with Crippen molar-refractivity contribution in [2.75, 3.05) is 6.61 Å². The van der Waals surface area contributed by atoms with Crippen molar-refractivity contribution in [3.8, 4) is 12.8 Å². The zero-order valence-corrected chi connectivity index (χ0v) is 6.32. The lowest BCUT2D eigenvalue weighted by molar-refractivity contribution is -0.153. The molecule has 11 heavy (non-hydrogen) atoms. The Morgan fingerprint density at radius 3 is 2.36 bits per heavy atom. The molecule has 3 nitrogen and oxygen atoms in total. The van der Waals surface area contributed by atoms with E-state index in [2.05, 4.69) is 12.8 Å². The molecule has 0 aliphatic carbocycles. The van der Waals surface area contributed by atoms with Crippen molar-refractivity contribution >= 4 is 5.97 Å². The second kappa shape index (κ2) is 5.75. The van der Waals surface area contributed by atoms with Crippen LogP contribution in [-0.4, -0.2) is 23.8 Å².